The van der Waals surface area contributed by atoms with Crippen molar-refractivity contribution in [3.63, 3.8) is 0 Å². The van der Waals surface area contributed by atoms with Crippen LogP contribution in [0.3, 0.4) is 0 Å². The number of aromatic nitrogens is 6. The van der Waals surface area contributed by atoms with E-state index in [0.717, 1.165) is 72.0 Å². The van der Waals surface area contributed by atoms with Crippen LogP contribution in [0.25, 0.3) is 22.5 Å². The van der Waals surface area contributed by atoms with Crippen molar-refractivity contribution in [3.8, 4) is 28.3 Å². The van der Waals surface area contributed by atoms with Gasteiger partial charge < -0.3 is 9.47 Å². The number of nitrogens with zero attached hydrogens (tertiary/aromatic N) is 5. The molecular formula is C38H40N6O5. The first-order valence-corrected chi connectivity index (χ1v) is 17.2. The normalized spacial score (nSPS) is 17.9. The van der Waals surface area contributed by atoms with E-state index in [1.54, 1.807) is 35.9 Å². The lowest BCUT2D eigenvalue weighted by Crippen LogP contribution is -2.58. The first-order chi connectivity index (χ1) is 23.9. The summed E-state index contributed by atoms with van der Waals surface area (Å²) >= 11 is 0. The molecular weight excluding hydrogens is 620 g/mol. The van der Waals surface area contributed by atoms with Crippen molar-refractivity contribution in [3.05, 3.63) is 106 Å². The number of para-hydroxylation sites is 1. The van der Waals surface area contributed by atoms with Gasteiger partial charge in [0.25, 0.3) is 5.56 Å². The maximum atomic E-state index is 14.6. The Labute approximate surface area is 284 Å². The number of ether oxygens (including phenoxy) is 2. The van der Waals surface area contributed by atoms with E-state index in [4.69, 9.17) is 9.47 Å². The van der Waals surface area contributed by atoms with Crippen LogP contribution in [0, 0.1) is 0 Å². The predicted molar refractivity (Wildman–Crippen MR) is 183 cm³/mol. The number of nitrogens with one attached hydrogen (secondary N) is 1. The summed E-state index contributed by atoms with van der Waals surface area (Å²) in [6.07, 6.45) is 6.84. The van der Waals surface area contributed by atoms with Crippen LogP contribution in [0.1, 0.15) is 92.0 Å². The molecule has 1 saturated carbocycles. The molecule has 5 aromatic rings. The fraction of sp³-hybridized carbons (Fsp3) is 0.368. The third-order valence-electron chi connectivity index (χ3n) is 9.98. The van der Waals surface area contributed by atoms with Gasteiger partial charge in [-0.25, -0.2) is 19.4 Å². The molecule has 2 bridgehead atoms. The zero-order valence-corrected chi connectivity index (χ0v) is 27.9. The van der Waals surface area contributed by atoms with Gasteiger partial charge in [0, 0.05) is 23.2 Å². The summed E-state index contributed by atoms with van der Waals surface area (Å²) < 4.78 is 15.1. The van der Waals surface area contributed by atoms with E-state index in [0.29, 0.717) is 25.1 Å². The van der Waals surface area contributed by atoms with E-state index in [2.05, 4.69) is 56.5 Å². The molecule has 3 aliphatic rings. The lowest BCUT2D eigenvalue weighted by molar-refractivity contribution is -0.152. The van der Waals surface area contributed by atoms with Crippen LogP contribution in [-0.2, 0) is 27.9 Å². The summed E-state index contributed by atoms with van der Waals surface area (Å²) in [6, 6.07) is 22.9. The Balaban J connectivity index is 1.24. The quantitative estimate of drug-likeness (QED) is 0.0920. The topological polar surface area (TPSA) is 134 Å². The Morgan fingerprint density at radius 2 is 1.67 bits per heavy atom. The number of aromatic amines is 1. The Hall–Kier alpha value is -5.32. The number of H-pyrrole nitrogens is 1. The number of benzene rings is 3. The maximum Gasteiger partial charge on any atom is 0.341 e. The van der Waals surface area contributed by atoms with Gasteiger partial charge in [-0.05, 0) is 84.7 Å². The Bertz CT molecular complexity index is 2020. The molecule has 1 N–H and O–H groups in total. The van der Waals surface area contributed by atoms with Gasteiger partial charge >= 0.3 is 11.9 Å². The first-order valence-electron chi connectivity index (χ1n) is 17.2. The molecule has 11 nitrogen and oxygen atoms in total. The number of tetrazole rings is 1. The molecule has 4 heterocycles. The van der Waals surface area contributed by atoms with Crippen molar-refractivity contribution in [2.75, 3.05) is 6.61 Å². The summed E-state index contributed by atoms with van der Waals surface area (Å²) in [5.41, 5.74) is 4.54. The Morgan fingerprint density at radius 1 is 0.939 bits per heavy atom. The fourth-order valence-corrected chi connectivity index (χ4v) is 7.55. The number of carbonyl (C=O) groups excluding carboxylic acids is 2. The molecule has 0 atom stereocenters. The minimum Gasteiger partial charge on any atom is -0.462 e. The number of hydrogen-bond donors (Lipinski definition) is 1. The number of fused-ring (bicyclic) bond motifs is 2. The molecule has 2 aliphatic heterocycles. The van der Waals surface area contributed by atoms with Crippen LogP contribution in [0.5, 0.6) is 5.75 Å². The highest BCUT2D eigenvalue weighted by Gasteiger charge is 2.53. The van der Waals surface area contributed by atoms with Crippen LogP contribution >= 0.6 is 0 Å². The second-order valence-corrected chi connectivity index (χ2v) is 12.9. The predicted octanol–water partition coefficient (Wildman–Crippen LogP) is 6.43. The molecule has 2 aromatic heterocycles. The van der Waals surface area contributed by atoms with Gasteiger partial charge in [0.2, 0.25) is 0 Å². The van der Waals surface area contributed by atoms with Crippen molar-refractivity contribution in [2.24, 2.45) is 0 Å². The molecule has 8 rings (SSSR count). The number of unbranched alkanes of at least 4 members (excludes halogenated alkanes) is 2. The highest BCUT2D eigenvalue weighted by molar-refractivity contribution is 5.94. The second-order valence-electron chi connectivity index (χ2n) is 12.9. The maximum absolute atomic E-state index is 14.6. The molecule has 1 aliphatic carbocycles. The van der Waals surface area contributed by atoms with E-state index in [9.17, 15) is 14.4 Å². The molecule has 3 aromatic carbocycles. The zero-order valence-electron chi connectivity index (χ0n) is 27.9. The monoisotopic (exact) mass is 660 g/mol. The van der Waals surface area contributed by atoms with Gasteiger partial charge in [-0.3, -0.25) is 9.48 Å². The second kappa shape index (κ2) is 13.7. The van der Waals surface area contributed by atoms with Crippen LogP contribution in [0.4, 0.5) is 0 Å². The van der Waals surface area contributed by atoms with E-state index < -0.39 is 17.5 Å². The van der Waals surface area contributed by atoms with Crippen molar-refractivity contribution in [1.29, 1.82) is 0 Å². The Kier molecular flexibility index (Phi) is 8.99. The fourth-order valence-electron chi connectivity index (χ4n) is 7.55. The largest absolute Gasteiger partial charge is 0.462 e. The van der Waals surface area contributed by atoms with Crippen LogP contribution < -0.4 is 10.3 Å². The number of hydrogen-bond acceptors (Lipinski definition) is 8. The third-order valence-corrected chi connectivity index (χ3v) is 9.98. The van der Waals surface area contributed by atoms with Crippen molar-refractivity contribution in [1.82, 2.24) is 30.0 Å². The molecule has 49 heavy (non-hydrogen) atoms. The summed E-state index contributed by atoms with van der Waals surface area (Å²) in [6.45, 7) is 4.10. The van der Waals surface area contributed by atoms with Gasteiger partial charge in [-0.15, -0.1) is 5.10 Å². The summed E-state index contributed by atoms with van der Waals surface area (Å²) in [5.74, 6) is -0.333. The van der Waals surface area contributed by atoms with E-state index >= 15 is 0 Å². The molecule has 0 spiro atoms. The zero-order chi connectivity index (χ0) is 34.0. The van der Waals surface area contributed by atoms with Crippen LogP contribution in [-0.4, -0.2) is 48.5 Å². The first kappa shape index (κ1) is 32.2. The third kappa shape index (κ3) is 5.87. The number of carbonyl (C=O) groups is 2. The summed E-state index contributed by atoms with van der Waals surface area (Å²) in [5, 5.41) is 14.4. The minimum atomic E-state index is -1.16. The molecule has 0 saturated heterocycles. The smallest absolute Gasteiger partial charge is 0.341 e. The van der Waals surface area contributed by atoms with Crippen molar-refractivity contribution >= 4 is 11.9 Å². The highest BCUT2D eigenvalue weighted by Crippen LogP contribution is 2.47. The lowest BCUT2D eigenvalue weighted by atomic mass is 9.77. The van der Waals surface area contributed by atoms with Crippen molar-refractivity contribution in [2.45, 2.75) is 83.2 Å². The highest BCUT2D eigenvalue weighted by atomic mass is 16.6. The minimum absolute atomic E-state index is 0.140. The molecule has 0 radical (unpaired) electrons. The van der Waals surface area contributed by atoms with Gasteiger partial charge in [-0.1, -0.05) is 80.4 Å². The molecule has 252 valence electrons. The molecule has 0 amide bonds. The van der Waals surface area contributed by atoms with Crippen molar-refractivity contribution < 1.29 is 19.1 Å². The molecule has 0 unspecified atom stereocenters. The Morgan fingerprint density at radius 3 is 2.39 bits per heavy atom. The van der Waals surface area contributed by atoms with E-state index in [-0.39, 0.29) is 29.5 Å². The van der Waals surface area contributed by atoms with E-state index in [1.165, 1.54) is 0 Å². The molecule has 11 heteroatoms. The van der Waals surface area contributed by atoms with E-state index in [1.807, 2.05) is 24.3 Å². The van der Waals surface area contributed by atoms with Crippen LogP contribution in [0.15, 0.2) is 77.6 Å². The summed E-state index contributed by atoms with van der Waals surface area (Å²) in [4.78, 5) is 41.5. The number of rotatable bonds is 12. The van der Waals surface area contributed by atoms with Gasteiger partial charge in [0.05, 0.1) is 12.6 Å². The average molecular weight is 661 g/mol. The standard InChI is InChI=1S/C38H40N6O5/c1-3-5-6-14-32-31(24-25-16-18-26(19-17-25)28-11-7-8-12-29(28)34-39-41-42-40-34)35(45)44-38(22-20-27(21-23-38)43(32)44)37(47)49-33-15-10-9-13-30(33)36(46)48-4-2/h7-13,15-19,27H,3-6,14,20-24H2,1-2H3,(H,39,40,41,42). The average Bonchev–Trinajstić information content (AvgIpc) is 3.78. The van der Waals surface area contributed by atoms with Gasteiger partial charge in [0.1, 0.15) is 11.3 Å². The van der Waals surface area contributed by atoms with Crippen LogP contribution in [0.2, 0.25) is 0 Å². The SMILES string of the molecule is CCCCCc1c(Cc2ccc(-c3ccccc3-c3nnn[nH]3)cc2)c(=O)n2n1C1CCC2(C(=O)Oc2ccccc2C(=O)OCC)CC1. The lowest BCUT2D eigenvalue weighted by Gasteiger charge is -2.47. The van der Waals surface area contributed by atoms with Gasteiger partial charge in [-0.2, -0.15) is 0 Å². The number of esters is 2. The summed E-state index contributed by atoms with van der Waals surface area (Å²) in [7, 11) is 0. The van der Waals surface area contributed by atoms with Gasteiger partial charge in [0.15, 0.2) is 11.4 Å². The molecule has 1 fully saturated rings.